The second kappa shape index (κ2) is 7.96. The fourth-order valence-corrected chi connectivity index (χ4v) is 5.05. The lowest BCUT2D eigenvalue weighted by Crippen LogP contribution is -2.05. The Labute approximate surface area is 203 Å². The molecule has 2 heteroatoms. The first-order valence-electron chi connectivity index (χ1n) is 11.8. The first-order chi connectivity index (χ1) is 17.4. The maximum Gasteiger partial charge on any atom is 0.145 e. The molecule has 5 aromatic carbocycles. The molecule has 0 aliphatic carbocycles. The van der Waals surface area contributed by atoms with Crippen LogP contribution in [0.5, 0.6) is 5.75 Å². The highest BCUT2D eigenvalue weighted by Crippen LogP contribution is 2.48. The minimum atomic E-state index is 0.815. The molecule has 2 heterocycles. The second-order valence-electron chi connectivity index (χ2n) is 8.78. The molecule has 0 atom stereocenters. The zero-order valence-electron chi connectivity index (χ0n) is 19.0. The number of fused-ring (bicyclic) bond motifs is 2. The molecule has 0 spiro atoms. The molecule has 1 aliphatic rings. The first-order valence-corrected chi connectivity index (χ1v) is 11.8. The lowest BCUT2D eigenvalue weighted by Gasteiger charge is -2.24. The minimum absolute atomic E-state index is 0.815. The summed E-state index contributed by atoms with van der Waals surface area (Å²) in [5.41, 5.74) is 6.32. The van der Waals surface area contributed by atoms with E-state index in [9.17, 15) is 0 Å². The summed E-state index contributed by atoms with van der Waals surface area (Å²) < 4.78 is 6.66. The monoisotopic (exact) mass is 447 g/mol. The van der Waals surface area contributed by atoms with Gasteiger partial charge in [-0.3, -0.25) is 0 Å². The van der Waals surface area contributed by atoms with E-state index in [1.54, 1.807) is 0 Å². The standard InChI is InChI=1S/C33H21NO/c1-4-12-22(13-5-1)29-21-28-31-27(20-25-18-10-11-19-26(25)33(31)35-29)30(23-14-6-2-7-15-23)32(34-28)24-16-8-3-9-17-24/h1-21H. The Balaban J connectivity index is 1.65. The molecule has 0 amide bonds. The molecule has 0 saturated carbocycles. The van der Waals surface area contributed by atoms with Gasteiger partial charge in [0.15, 0.2) is 0 Å². The Morgan fingerprint density at radius 3 is 1.86 bits per heavy atom. The Morgan fingerprint density at radius 2 is 1.14 bits per heavy atom. The number of nitrogens with zero attached hydrogens (tertiary/aromatic N) is 1. The van der Waals surface area contributed by atoms with Crippen molar-refractivity contribution >= 4 is 33.4 Å². The van der Waals surface area contributed by atoms with Crippen molar-refractivity contribution < 1.29 is 4.74 Å². The fraction of sp³-hybridized carbons (Fsp3) is 0. The van der Waals surface area contributed by atoms with E-state index in [1.807, 2.05) is 24.3 Å². The fourth-order valence-electron chi connectivity index (χ4n) is 5.05. The second-order valence-corrected chi connectivity index (χ2v) is 8.78. The molecule has 1 aromatic heterocycles. The highest BCUT2D eigenvalue weighted by atomic mass is 16.5. The number of benzene rings is 5. The number of ether oxygens (including phenoxy) is 1. The number of rotatable bonds is 3. The van der Waals surface area contributed by atoms with Gasteiger partial charge in [0, 0.05) is 28.2 Å². The molecule has 0 unspecified atom stereocenters. The van der Waals surface area contributed by atoms with Crippen LogP contribution in [-0.2, 0) is 0 Å². The van der Waals surface area contributed by atoms with Crippen LogP contribution >= 0.6 is 0 Å². The molecule has 35 heavy (non-hydrogen) atoms. The summed E-state index contributed by atoms with van der Waals surface area (Å²) in [5.74, 6) is 1.69. The van der Waals surface area contributed by atoms with E-state index < -0.39 is 0 Å². The van der Waals surface area contributed by atoms with Crippen LogP contribution in [0.3, 0.4) is 0 Å². The van der Waals surface area contributed by atoms with Crippen molar-refractivity contribution in [2.75, 3.05) is 0 Å². The zero-order chi connectivity index (χ0) is 23.2. The van der Waals surface area contributed by atoms with E-state index >= 15 is 0 Å². The molecule has 0 radical (unpaired) electrons. The van der Waals surface area contributed by atoms with Gasteiger partial charge in [0.2, 0.25) is 0 Å². The van der Waals surface area contributed by atoms with Crippen molar-refractivity contribution in [3.05, 3.63) is 133 Å². The van der Waals surface area contributed by atoms with Gasteiger partial charge in [-0.25, -0.2) is 4.98 Å². The molecule has 7 rings (SSSR count). The smallest absolute Gasteiger partial charge is 0.145 e. The number of aromatic nitrogens is 1. The van der Waals surface area contributed by atoms with Crippen LogP contribution in [0, 0.1) is 0 Å². The molecule has 1 aliphatic heterocycles. The van der Waals surface area contributed by atoms with Gasteiger partial charge in [0.25, 0.3) is 0 Å². The average Bonchev–Trinajstić information content (AvgIpc) is 2.94. The van der Waals surface area contributed by atoms with Crippen molar-refractivity contribution in [3.8, 4) is 28.1 Å². The quantitative estimate of drug-likeness (QED) is 0.253. The van der Waals surface area contributed by atoms with E-state index in [2.05, 4.69) is 103 Å². The number of pyridine rings is 1. The summed E-state index contributed by atoms with van der Waals surface area (Å²) in [5, 5.41) is 4.45. The maximum absolute atomic E-state index is 6.66. The lowest BCUT2D eigenvalue weighted by atomic mass is 9.89. The van der Waals surface area contributed by atoms with E-state index in [-0.39, 0.29) is 0 Å². The van der Waals surface area contributed by atoms with E-state index in [0.29, 0.717) is 0 Å². The molecule has 0 fully saturated rings. The lowest BCUT2D eigenvalue weighted by molar-refractivity contribution is 0.527. The van der Waals surface area contributed by atoms with Crippen LogP contribution in [0.15, 0.2) is 121 Å². The Hall–Kier alpha value is -4.69. The summed E-state index contributed by atoms with van der Waals surface area (Å²) in [6.07, 6.45) is 2.08. The average molecular weight is 448 g/mol. The Kier molecular flexibility index (Phi) is 4.49. The summed E-state index contributed by atoms with van der Waals surface area (Å²) in [4.78, 5) is 5.30. The third-order valence-electron chi connectivity index (χ3n) is 6.64. The summed E-state index contributed by atoms with van der Waals surface area (Å²) >= 11 is 0. The number of hydrogen-bond acceptors (Lipinski definition) is 2. The van der Waals surface area contributed by atoms with Gasteiger partial charge in [-0.05, 0) is 22.4 Å². The van der Waals surface area contributed by atoms with Crippen LogP contribution < -0.4 is 4.74 Å². The van der Waals surface area contributed by atoms with Gasteiger partial charge in [-0.15, -0.1) is 0 Å². The predicted octanol–water partition coefficient (Wildman–Crippen LogP) is 8.61. The largest absolute Gasteiger partial charge is 0.455 e. The van der Waals surface area contributed by atoms with Crippen LogP contribution in [0.2, 0.25) is 0 Å². The molecule has 0 saturated heterocycles. The van der Waals surface area contributed by atoms with Crippen LogP contribution in [0.4, 0.5) is 0 Å². The van der Waals surface area contributed by atoms with Crippen molar-refractivity contribution in [3.63, 3.8) is 0 Å². The third kappa shape index (κ3) is 3.23. The molecule has 164 valence electrons. The predicted molar refractivity (Wildman–Crippen MR) is 145 cm³/mol. The van der Waals surface area contributed by atoms with Crippen molar-refractivity contribution in [2.24, 2.45) is 0 Å². The zero-order valence-corrected chi connectivity index (χ0v) is 19.0. The SMILES string of the molecule is C1=C(c2ccccc2)Oc2c3ccccc3cc3c(-c4ccccc4)c(-c4ccccc4)nc1c23. The molecular formula is C33H21NO. The van der Waals surface area contributed by atoms with Crippen molar-refractivity contribution in [1.29, 1.82) is 0 Å². The van der Waals surface area contributed by atoms with Crippen LogP contribution in [0.1, 0.15) is 11.3 Å². The Morgan fingerprint density at radius 1 is 0.543 bits per heavy atom. The van der Waals surface area contributed by atoms with Crippen molar-refractivity contribution in [2.45, 2.75) is 0 Å². The topological polar surface area (TPSA) is 22.1 Å². The summed E-state index contributed by atoms with van der Waals surface area (Å²) in [7, 11) is 0. The van der Waals surface area contributed by atoms with Gasteiger partial charge >= 0.3 is 0 Å². The van der Waals surface area contributed by atoms with Gasteiger partial charge in [-0.1, -0.05) is 115 Å². The molecule has 6 aromatic rings. The number of hydrogen-bond donors (Lipinski definition) is 0. The van der Waals surface area contributed by atoms with Crippen LogP contribution in [-0.4, -0.2) is 4.98 Å². The van der Waals surface area contributed by atoms with Gasteiger partial charge in [-0.2, -0.15) is 0 Å². The minimum Gasteiger partial charge on any atom is -0.455 e. The first kappa shape index (κ1) is 19.7. The molecule has 2 nitrogen and oxygen atoms in total. The van der Waals surface area contributed by atoms with Gasteiger partial charge in [0.1, 0.15) is 11.5 Å². The third-order valence-corrected chi connectivity index (χ3v) is 6.64. The molecular weight excluding hydrogens is 426 g/mol. The summed E-state index contributed by atoms with van der Waals surface area (Å²) in [6, 6.07) is 42.0. The van der Waals surface area contributed by atoms with Crippen LogP contribution in [0.25, 0.3) is 55.8 Å². The van der Waals surface area contributed by atoms with Gasteiger partial charge < -0.3 is 4.74 Å². The summed E-state index contributed by atoms with van der Waals surface area (Å²) in [6.45, 7) is 0. The highest BCUT2D eigenvalue weighted by molar-refractivity contribution is 6.17. The van der Waals surface area contributed by atoms with E-state index in [0.717, 1.165) is 66.7 Å². The highest BCUT2D eigenvalue weighted by Gasteiger charge is 2.25. The van der Waals surface area contributed by atoms with E-state index in [4.69, 9.17) is 9.72 Å². The van der Waals surface area contributed by atoms with Crippen molar-refractivity contribution in [1.82, 2.24) is 4.98 Å². The molecule has 0 N–H and O–H groups in total. The normalized spacial score (nSPS) is 12.4. The van der Waals surface area contributed by atoms with E-state index in [1.165, 1.54) is 0 Å². The van der Waals surface area contributed by atoms with Gasteiger partial charge in [0.05, 0.1) is 16.8 Å². The Bertz CT molecular complexity index is 1740. The maximum atomic E-state index is 6.66. The molecule has 0 bridgehead atoms.